The highest BCUT2D eigenvalue weighted by Gasteiger charge is 2.33. The second kappa shape index (κ2) is 8.95. The van der Waals surface area contributed by atoms with Crippen LogP contribution in [0.15, 0.2) is 12.1 Å². The van der Waals surface area contributed by atoms with Gasteiger partial charge in [-0.3, -0.25) is 10.1 Å². The smallest absolute Gasteiger partial charge is 0.407 e. The molecule has 0 aliphatic carbocycles. The number of nitro benzene ring substituents is 1. The topological polar surface area (TPSA) is 132 Å². The maximum atomic E-state index is 12.0. The number of nitrogens with zero attached hydrogens (tertiary/aromatic N) is 2. The Morgan fingerprint density at radius 3 is 2.80 bits per heavy atom. The highest BCUT2D eigenvalue weighted by Crippen LogP contribution is 2.42. The van der Waals surface area contributed by atoms with Gasteiger partial charge in [-0.2, -0.15) is 0 Å². The maximum Gasteiger partial charge on any atom is 0.407 e. The third-order valence-electron chi connectivity index (χ3n) is 5.23. The molecule has 2 heterocycles. The van der Waals surface area contributed by atoms with Crippen molar-refractivity contribution < 1.29 is 19.2 Å². The van der Waals surface area contributed by atoms with Crippen LogP contribution in [0.4, 0.5) is 27.5 Å². The van der Waals surface area contributed by atoms with Crippen molar-refractivity contribution in [1.82, 2.24) is 5.32 Å². The van der Waals surface area contributed by atoms with Crippen LogP contribution in [0.5, 0.6) is 0 Å². The van der Waals surface area contributed by atoms with Crippen LogP contribution in [-0.4, -0.2) is 55.0 Å². The molecule has 10 nitrogen and oxygen atoms in total. The first-order chi connectivity index (χ1) is 14.2. The molecule has 0 saturated carbocycles. The molecular formula is C20H31N5O5. The van der Waals surface area contributed by atoms with Crippen molar-refractivity contribution in [2.45, 2.75) is 57.7 Å². The molecule has 0 spiro atoms. The molecule has 2 aliphatic heterocycles. The van der Waals surface area contributed by atoms with E-state index < -0.39 is 16.6 Å². The summed E-state index contributed by atoms with van der Waals surface area (Å²) in [6, 6.07) is 3.16. The van der Waals surface area contributed by atoms with Gasteiger partial charge >= 0.3 is 6.09 Å². The van der Waals surface area contributed by atoms with Crippen LogP contribution in [0.1, 0.15) is 40.0 Å². The predicted molar refractivity (Wildman–Crippen MR) is 115 cm³/mol. The van der Waals surface area contributed by atoms with Crippen molar-refractivity contribution in [2.75, 3.05) is 42.3 Å². The molecule has 2 saturated heterocycles. The fourth-order valence-electron chi connectivity index (χ4n) is 3.90. The fourth-order valence-corrected chi connectivity index (χ4v) is 3.90. The lowest BCUT2D eigenvalue weighted by Crippen LogP contribution is -2.42. The van der Waals surface area contributed by atoms with E-state index in [1.165, 1.54) is 6.07 Å². The van der Waals surface area contributed by atoms with E-state index in [0.29, 0.717) is 43.4 Å². The van der Waals surface area contributed by atoms with Gasteiger partial charge < -0.3 is 30.7 Å². The second-order valence-corrected chi connectivity index (χ2v) is 8.73. The summed E-state index contributed by atoms with van der Waals surface area (Å²) in [7, 11) is 0. The van der Waals surface area contributed by atoms with Gasteiger partial charge in [0.2, 0.25) is 0 Å². The molecule has 0 bridgehead atoms. The number of nitro groups is 1. The van der Waals surface area contributed by atoms with Gasteiger partial charge in [0.15, 0.2) is 0 Å². The first kappa shape index (κ1) is 21.9. The number of benzene rings is 1. The van der Waals surface area contributed by atoms with Gasteiger partial charge in [0.05, 0.1) is 28.9 Å². The number of carbonyl (C=O) groups excluding carboxylic acids is 1. The summed E-state index contributed by atoms with van der Waals surface area (Å²) in [6.07, 6.45) is 2.00. The summed E-state index contributed by atoms with van der Waals surface area (Å²) >= 11 is 0. The van der Waals surface area contributed by atoms with Crippen LogP contribution in [-0.2, 0) is 9.47 Å². The van der Waals surface area contributed by atoms with Gasteiger partial charge in [-0.25, -0.2) is 4.79 Å². The fraction of sp³-hybridized carbons (Fsp3) is 0.650. The van der Waals surface area contributed by atoms with E-state index in [-0.39, 0.29) is 17.8 Å². The minimum absolute atomic E-state index is 0.0371. The molecule has 166 valence electrons. The monoisotopic (exact) mass is 421 g/mol. The lowest BCUT2D eigenvalue weighted by Gasteiger charge is -2.29. The number of amides is 1. The number of hydrogen-bond donors (Lipinski definition) is 3. The Labute approximate surface area is 176 Å². The number of nitrogens with two attached hydrogens (primary N) is 1. The molecule has 10 heteroatoms. The van der Waals surface area contributed by atoms with Crippen molar-refractivity contribution >= 4 is 28.8 Å². The SMILES string of the molecule is CC(C)(C)OC(=O)NC[C@@H]1CCCN1c1c([N+](=O)[O-])ccc(N[C@@H]2CCOC2)c1N. The molecule has 2 aliphatic rings. The van der Waals surface area contributed by atoms with Crippen molar-refractivity contribution in [3.63, 3.8) is 0 Å². The molecule has 0 aromatic heterocycles. The number of nitrogen functional groups attached to an aromatic ring is 1. The van der Waals surface area contributed by atoms with Crippen LogP contribution in [0.3, 0.4) is 0 Å². The number of rotatable bonds is 6. The Balaban J connectivity index is 1.80. The Hall–Kier alpha value is -2.75. The van der Waals surface area contributed by atoms with Gasteiger partial charge in [0.1, 0.15) is 11.3 Å². The molecular weight excluding hydrogens is 390 g/mol. The van der Waals surface area contributed by atoms with Crippen molar-refractivity contribution in [1.29, 1.82) is 0 Å². The van der Waals surface area contributed by atoms with E-state index in [0.717, 1.165) is 19.3 Å². The van der Waals surface area contributed by atoms with Gasteiger partial charge in [0, 0.05) is 31.8 Å². The first-order valence-electron chi connectivity index (χ1n) is 10.3. The molecule has 3 rings (SSSR count). The van der Waals surface area contributed by atoms with Gasteiger partial charge in [0.25, 0.3) is 5.69 Å². The standard InChI is InChI=1S/C20H31N5O5/c1-20(2,3)30-19(26)22-11-14-5-4-9-24(14)18-16(25(27)28)7-6-15(17(18)21)23-13-8-10-29-12-13/h6-7,13-14,23H,4-5,8-12,21H2,1-3H3,(H,22,26)/t13-,14+/m1/s1. The van der Waals surface area contributed by atoms with Crippen molar-refractivity contribution in [2.24, 2.45) is 0 Å². The van der Waals surface area contributed by atoms with E-state index in [4.69, 9.17) is 15.2 Å². The van der Waals surface area contributed by atoms with Crippen LogP contribution in [0, 0.1) is 10.1 Å². The van der Waals surface area contributed by atoms with E-state index in [9.17, 15) is 14.9 Å². The number of nitrogens with one attached hydrogen (secondary N) is 2. The summed E-state index contributed by atoms with van der Waals surface area (Å²) in [5.41, 5.74) is 7.20. The first-order valence-corrected chi connectivity index (χ1v) is 10.3. The molecule has 0 radical (unpaired) electrons. The molecule has 1 aromatic rings. The zero-order chi connectivity index (χ0) is 21.9. The van der Waals surface area contributed by atoms with Crippen LogP contribution in [0.25, 0.3) is 0 Å². The summed E-state index contributed by atoms with van der Waals surface area (Å²) in [5.74, 6) is 0. The van der Waals surface area contributed by atoms with Crippen LogP contribution in [0.2, 0.25) is 0 Å². The number of ether oxygens (including phenoxy) is 2. The average Bonchev–Trinajstić information content (AvgIpc) is 3.31. The summed E-state index contributed by atoms with van der Waals surface area (Å²) in [4.78, 5) is 25.3. The lowest BCUT2D eigenvalue weighted by molar-refractivity contribution is -0.384. The molecule has 1 amide bonds. The van der Waals surface area contributed by atoms with E-state index in [1.54, 1.807) is 26.8 Å². The quantitative estimate of drug-likeness (QED) is 0.363. The number of alkyl carbamates (subject to hydrolysis) is 1. The third-order valence-corrected chi connectivity index (χ3v) is 5.23. The highest BCUT2D eigenvalue weighted by atomic mass is 16.6. The summed E-state index contributed by atoms with van der Waals surface area (Å²) in [5, 5.41) is 17.8. The second-order valence-electron chi connectivity index (χ2n) is 8.73. The number of hydrogen-bond acceptors (Lipinski definition) is 8. The lowest BCUT2D eigenvalue weighted by atomic mass is 10.1. The van der Waals surface area contributed by atoms with Crippen molar-refractivity contribution in [3.05, 3.63) is 22.2 Å². The van der Waals surface area contributed by atoms with Crippen molar-refractivity contribution in [3.8, 4) is 0 Å². The Morgan fingerprint density at radius 2 is 2.17 bits per heavy atom. The molecule has 1 aromatic carbocycles. The van der Waals surface area contributed by atoms with E-state index in [1.807, 2.05) is 4.90 Å². The number of anilines is 3. The minimum atomic E-state index is -0.591. The summed E-state index contributed by atoms with van der Waals surface area (Å²) in [6.45, 7) is 7.60. The van der Waals surface area contributed by atoms with Crippen LogP contribution < -0.4 is 21.3 Å². The largest absolute Gasteiger partial charge is 0.444 e. The van der Waals surface area contributed by atoms with Gasteiger partial charge in [-0.15, -0.1) is 0 Å². The Kier molecular flexibility index (Phi) is 6.55. The minimum Gasteiger partial charge on any atom is -0.444 e. The third kappa shape index (κ3) is 5.24. The predicted octanol–water partition coefficient (Wildman–Crippen LogP) is 2.87. The maximum absolute atomic E-state index is 12.0. The normalized spacial score (nSPS) is 21.5. The Bertz CT molecular complexity index is 789. The zero-order valence-electron chi connectivity index (χ0n) is 17.8. The molecule has 2 fully saturated rings. The summed E-state index contributed by atoms with van der Waals surface area (Å²) < 4.78 is 10.7. The van der Waals surface area contributed by atoms with E-state index >= 15 is 0 Å². The van der Waals surface area contributed by atoms with Gasteiger partial charge in [-0.05, 0) is 46.1 Å². The number of carbonyl (C=O) groups is 1. The van der Waals surface area contributed by atoms with Gasteiger partial charge in [-0.1, -0.05) is 0 Å². The average molecular weight is 421 g/mol. The molecule has 0 unspecified atom stereocenters. The molecule has 2 atom stereocenters. The molecule has 30 heavy (non-hydrogen) atoms. The Morgan fingerprint density at radius 1 is 1.40 bits per heavy atom. The molecule has 4 N–H and O–H groups in total. The zero-order valence-corrected chi connectivity index (χ0v) is 17.8. The highest BCUT2D eigenvalue weighted by molar-refractivity contribution is 5.88. The van der Waals surface area contributed by atoms with E-state index in [2.05, 4.69) is 10.6 Å². The van der Waals surface area contributed by atoms with Crippen LogP contribution >= 0.6 is 0 Å².